The van der Waals surface area contributed by atoms with Crippen molar-refractivity contribution in [3.05, 3.63) is 35.5 Å². The quantitative estimate of drug-likeness (QED) is 0.629. The van der Waals surface area contributed by atoms with Crippen LogP contribution in [0.15, 0.2) is 24.7 Å². The van der Waals surface area contributed by atoms with Gasteiger partial charge in [0.05, 0.1) is 6.33 Å². The molecule has 0 spiro atoms. The van der Waals surface area contributed by atoms with Crippen molar-refractivity contribution in [1.29, 1.82) is 0 Å². The van der Waals surface area contributed by atoms with Gasteiger partial charge in [0, 0.05) is 17.1 Å². The van der Waals surface area contributed by atoms with E-state index >= 15 is 0 Å². The average Bonchev–Trinajstić information content (AvgIpc) is 2.16. The summed E-state index contributed by atoms with van der Waals surface area (Å²) in [5.41, 5.74) is 0.429. The Bertz CT molecular complexity index is 479. The van der Waals surface area contributed by atoms with E-state index in [1.807, 2.05) is 16.7 Å². The van der Waals surface area contributed by atoms with Gasteiger partial charge < -0.3 is 4.57 Å². The molecule has 0 radical (unpaired) electrons. The third-order valence-electron chi connectivity index (χ3n) is 1.95. The summed E-state index contributed by atoms with van der Waals surface area (Å²) in [4.78, 5) is 8.17. The van der Waals surface area contributed by atoms with Crippen molar-refractivity contribution in [2.45, 2.75) is 26.3 Å². The molecule has 0 aliphatic rings. The predicted octanol–water partition coefficient (Wildman–Crippen LogP) is 0.978. The zero-order valence-electron chi connectivity index (χ0n) is 9.57. The average molecular weight is 203 g/mol. The van der Waals surface area contributed by atoms with E-state index in [0.717, 1.165) is 5.35 Å². The third kappa shape index (κ3) is 3.20. The summed E-state index contributed by atoms with van der Waals surface area (Å²) in [7, 11) is 0. The number of nitrogens with zero attached hydrogens (tertiary/aromatic N) is 3. The third-order valence-corrected chi connectivity index (χ3v) is 1.95. The molecule has 3 nitrogen and oxygen atoms in total. The van der Waals surface area contributed by atoms with E-state index in [9.17, 15) is 0 Å². The fourth-order valence-corrected chi connectivity index (χ4v) is 1.20. The van der Waals surface area contributed by atoms with Crippen molar-refractivity contribution in [2.24, 2.45) is 0 Å². The van der Waals surface area contributed by atoms with Gasteiger partial charge in [0.2, 0.25) is 0 Å². The number of aromatic nitrogens is 3. The SMILES string of the molecule is C=c1ncccc(=C)n(C(C)(C)C)cn1. The molecular formula is C12H17N3. The summed E-state index contributed by atoms with van der Waals surface area (Å²) in [6.07, 6.45) is 3.38. The Hall–Kier alpha value is -1.64. The topological polar surface area (TPSA) is 30.7 Å². The molecule has 1 aromatic rings. The van der Waals surface area contributed by atoms with E-state index in [-0.39, 0.29) is 5.54 Å². The van der Waals surface area contributed by atoms with E-state index < -0.39 is 0 Å². The molecule has 80 valence electrons. The van der Waals surface area contributed by atoms with Crippen LogP contribution in [-0.4, -0.2) is 14.5 Å². The molecule has 0 aromatic carbocycles. The summed E-state index contributed by atoms with van der Waals surface area (Å²) >= 11 is 0. The van der Waals surface area contributed by atoms with Gasteiger partial charge in [0.15, 0.2) is 0 Å². The van der Waals surface area contributed by atoms with Crippen molar-refractivity contribution in [2.75, 3.05) is 0 Å². The largest absolute Gasteiger partial charge is 0.328 e. The van der Waals surface area contributed by atoms with Crippen LogP contribution in [-0.2, 0) is 5.54 Å². The second kappa shape index (κ2) is 4.26. The molecule has 0 saturated carbocycles. The molecule has 0 N–H and O–H groups in total. The maximum Gasteiger partial charge on any atom is 0.146 e. The van der Waals surface area contributed by atoms with Crippen LogP contribution in [0.3, 0.4) is 0 Å². The predicted molar refractivity (Wildman–Crippen MR) is 62.9 cm³/mol. The smallest absolute Gasteiger partial charge is 0.146 e. The Labute approximate surface area is 90.1 Å². The minimum atomic E-state index is -0.0600. The van der Waals surface area contributed by atoms with E-state index in [0.29, 0.717) is 5.48 Å². The fourth-order valence-electron chi connectivity index (χ4n) is 1.20. The molecular weight excluding hydrogens is 186 g/mol. The van der Waals surface area contributed by atoms with Crippen LogP contribution >= 0.6 is 0 Å². The van der Waals surface area contributed by atoms with Crippen LogP contribution in [0.1, 0.15) is 20.8 Å². The van der Waals surface area contributed by atoms with Crippen LogP contribution in [0.25, 0.3) is 13.2 Å². The highest BCUT2D eigenvalue weighted by Crippen LogP contribution is 2.07. The Kier molecular flexibility index (Phi) is 3.24. The van der Waals surface area contributed by atoms with Crippen molar-refractivity contribution >= 4 is 13.2 Å². The van der Waals surface area contributed by atoms with Crippen LogP contribution in [0.4, 0.5) is 0 Å². The molecule has 0 aliphatic carbocycles. The zero-order chi connectivity index (χ0) is 11.5. The van der Waals surface area contributed by atoms with Crippen molar-refractivity contribution in [3.63, 3.8) is 0 Å². The molecule has 0 amide bonds. The minimum absolute atomic E-state index is 0.0600. The summed E-state index contributed by atoms with van der Waals surface area (Å²) in [5, 5.41) is 0.882. The van der Waals surface area contributed by atoms with E-state index in [1.165, 1.54) is 0 Å². The van der Waals surface area contributed by atoms with Gasteiger partial charge >= 0.3 is 0 Å². The molecule has 0 bridgehead atoms. The molecule has 0 fully saturated rings. The standard InChI is InChI=1S/C12H17N3/c1-10-7-6-8-13-11(2)14-9-15(10)12(3,4)5/h6-9H,1-2H2,3-5H3. The first-order chi connectivity index (χ1) is 6.91. The highest BCUT2D eigenvalue weighted by Gasteiger charge is 2.10. The van der Waals surface area contributed by atoms with Crippen LogP contribution in [0, 0.1) is 0 Å². The van der Waals surface area contributed by atoms with Crippen molar-refractivity contribution < 1.29 is 0 Å². The Morgan fingerprint density at radius 1 is 1.20 bits per heavy atom. The molecule has 1 aromatic heterocycles. The molecule has 0 atom stereocenters. The molecule has 3 heteroatoms. The Balaban J connectivity index is 3.62. The molecule has 0 aliphatic heterocycles. The highest BCUT2D eigenvalue weighted by atomic mass is 15.1. The number of hydrogen-bond acceptors (Lipinski definition) is 2. The monoisotopic (exact) mass is 203 g/mol. The highest BCUT2D eigenvalue weighted by molar-refractivity contribution is 5.00. The van der Waals surface area contributed by atoms with Crippen LogP contribution < -0.4 is 10.8 Å². The van der Waals surface area contributed by atoms with Gasteiger partial charge in [-0.15, -0.1) is 0 Å². The molecule has 0 saturated heterocycles. The summed E-state index contributed by atoms with van der Waals surface area (Å²) < 4.78 is 1.99. The van der Waals surface area contributed by atoms with Crippen molar-refractivity contribution in [1.82, 2.24) is 14.5 Å². The van der Waals surface area contributed by atoms with Gasteiger partial charge in [-0.3, -0.25) is 0 Å². The zero-order valence-corrected chi connectivity index (χ0v) is 9.57. The molecule has 1 heterocycles. The lowest BCUT2D eigenvalue weighted by molar-refractivity contribution is 0.382. The lowest BCUT2D eigenvalue weighted by Crippen LogP contribution is -2.32. The molecule has 1 rings (SSSR count). The van der Waals surface area contributed by atoms with Crippen molar-refractivity contribution in [3.8, 4) is 0 Å². The Morgan fingerprint density at radius 3 is 2.47 bits per heavy atom. The minimum Gasteiger partial charge on any atom is -0.328 e. The maximum atomic E-state index is 4.15. The van der Waals surface area contributed by atoms with Gasteiger partial charge in [-0.05, 0) is 32.9 Å². The van der Waals surface area contributed by atoms with Gasteiger partial charge in [0.1, 0.15) is 5.48 Å². The molecule has 15 heavy (non-hydrogen) atoms. The summed E-state index contributed by atoms with van der Waals surface area (Å²) in [6.45, 7) is 14.0. The first-order valence-corrected chi connectivity index (χ1v) is 4.83. The van der Waals surface area contributed by atoms with Crippen LogP contribution in [0.5, 0.6) is 0 Å². The molecule has 0 unspecified atom stereocenters. The number of rotatable bonds is 0. The first kappa shape index (κ1) is 11.4. The van der Waals surface area contributed by atoms with E-state index in [1.54, 1.807) is 12.5 Å². The lowest BCUT2D eigenvalue weighted by atomic mass is 10.1. The summed E-state index contributed by atoms with van der Waals surface area (Å²) in [5.74, 6) is 0. The van der Waals surface area contributed by atoms with Gasteiger partial charge in [-0.1, -0.05) is 13.2 Å². The van der Waals surface area contributed by atoms with Crippen LogP contribution in [0.2, 0.25) is 0 Å². The van der Waals surface area contributed by atoms with E-state index in [4.69, 9.17) is 0 Å². The van der Waals surface area contributed by atoms with Gasteiger partial charge in [-0.2, -0.15) is 0 Å². The van der Waals surface area contributed by atoms with Gasteiger partial charge in [-0.25, -0.2) is 9.97 Å². The Morgan fingerprint density at radius 2 is 1.87 bits per heavy atom. The second-order valence-corrected chi connectivity index (χ2v) is 4.33. The summed E-state index contributed by atoms with van der Waals surface area (Å²) in [6, 6.07) is 3.74. The second-order valence-electron chi connectivity index (χ2n) is 4.33. The maximum absolute atomic E-state index is 4.15. The normalized spacial score (nSPS) is 10.9. The van der Waals surface area contributed by atoms with E-state index in [2.05, 4.69) is 43.9 Å². The van der Waals surface area contributed by atoms with Gasteiger partial charge in [0.25, 0.3) is 0 Å². The number of hydrogen-bond donors (Lipinski definition) is 0. The fraction of sp³-hybridized carbons (Fsp3) is 0.333. The lowest BCUT2D eigenvalue weighted by Gasteiger charge is -2.22. The first-order valence-electron chi connectivity index (χ1n) is 4.83.